The van der Waals surface area contributed by atoms with Gasteiger partial charge in [-0.15, -0.1) is 0 Å². The van der Waals surface area contributed by atoms with Crippen molar-refractivity contribution in [1.82, 2.24) is 5.48 Å². The van der Waals surface area contributed by atoms with Crippen LogP contribution in [0.3, 0.4) is 0 Å². The van der Waals surface area contributed by atoms with Gasteiger partial charge in [0.05, 0.1) is 24.4 Å². The van der Waals surface area contributed by atoms with Crippen LogP contribution in [0.4, 0.5) is 0 Å². The molecule has 0 aromatic heterocycles. The molecular formula is C12H25NO3. The predicted octanol–water partition coefficient (Wildman–Crippen LogP) is 1.63. The molecule has 0 spiro atoms. The van der Waals surface area contributed by atoms with Gasteiger partial charge in [-0.2, -0.15) is 5.48 Å². The summed E-state index contributed by atoms with van der Waals surface area (Å²) in [6.45, 7) is 6.68. The Labute approximate surface area is 98.3 Å². The van der Waals surface area contributed by atoms with E-state index in [0.29, 0.717) is 19.3 Å². The summed E-state index contributed by atoms with van der Waals surface area (Å²) in [5.41, 5.74) is 2.63. The van der Waals surface area contributed by atoms with E-state index in [1.54, 1.807) is 0 Å². The Hall–Kier alpha value is -0.160. The number of hydrogen-bond acceptors (Lipinski definition) is 4. The largest absolute Gasteiger partial charge is 0.389 e. The molecule has 1 unspecified atom stereocenters. The predicted molar refractivity (Wildman–Crippen MR) is 63.1 cm³/mol. The monoisotopic (exact) mass is 231 g/mol. The van der Waals surface area contributed by atoms with E-state index in [0.717, 1.165) is 12.8 Å². The molecule has 1 saturated carbocycles. The molecule has 0 bridgehead atoms. The number of hydrogen-bond donors (Lipinski definition) is 2. The molecule has 0 radical (unpaired) electrons. The van der Waals surface area contributed by atoms with Crippen LogP contribution in [0, 0.1) is 0 Å². The van der Waals surface area contributed by atoms with Crippen molar-refractivity contribution in [1.29, 1.82) is 0 Å². The van der Waals surface area contributed by atoms with Crippen LogP contribution >= 0.6 is 0 Å². The summed E-state index contributed by atoms with van der Waals surface area (Å²) < 4.78 is 5.47. The summed E-state index contributed by atoms with van der Waals surface area (Å²) in [5.74, 6) is 0. The lowest BCUT2D eigenvalue weighted by molar-refractivity contribution is -0.0752. The highest BCUT2D eigenvalue weighted by Crippen LogP contribution is 2.19. The van der Waals surface area contributed by atoms with Crippen LogP contribution in [0.15, 0.2) is 0 Å². The average molecular weight is 231 g/mol. The molecule has 0 aromatic rings. The number of ether oxygens (including phenoxy) is 1. The molecule has 16 heavy (non-hydrogen) atoms. The first-order chi connectivity index (χ1) is 7.47. The zero-order chi connectivity index (χ0) is 12.0. The van der Waals surface area contributed by atoms with Gasteiger partial charge >= 0.3 is 0 Å². The lowest BCUT2D eigenvalue weighted by Crippen LogP contribution is -2.35. The van der Waals surface area contributed by atoms with Gasteiger partial charge in [0.1, 0.15) is 0 Å². The van der Waals surface area contributed by atoms with Gasteiger partial charge in [-0.3, -0.25) is 4.84 Å². The van der Waals surface area contributed by atoms with Crippen molar-refractivity contribution in [3.8, 4) is 0 Å². The molecule has 2 N–H and O–H groups in total. The third-order valence-electron chi connectivity index (χ3n) is 2.58. The summed E-state index contributed by atoms with van der Waals surface area (Å²) in [6.07, 6.45) is 4.57. The second-order valence-corrected chi connectivity index (χ2v) is 5.45. The SMILES string of the molecule is CC(C)(C)OCC(O)CNOC1CCCC1. The summed E-state index contributed by atoms with van der Waals surface area (Å²) in [7, 11) is 0. The van der Waals surface area contributed by atoms with E-state index in [4.69, 9.17) is 9.57 Å². The highest BCUT2D eigenvalue weighted by atomic mass is 16.7. The quantitative estimate of drug-likeness (QED) is 0.682. The van der Waals surface area contributed by atoms with Crippen molar-refractivity contribution in [2.45, 2.75) is 64.3 Å². The summed E-state index contributed by atoms with van der Waals surface area (Å²) >= 11 is 0. The van der Waals surface area contributed by atoms with Gasteiger partial charge in [0.2, 0.25) is 0 Å². The van der Waals surface area contributed by atoms with E-state index in [1.807, 2.05) is 20.8 Å². The molecule has 0 aliphatic heterocycles. The third kappa shape index (κ3) is 6.43. The van der Waals surface area contributed by atoms with Gasteiger partial charge in [0, 0.05) is 6.54 Å². The lowest BCUT2D eigenvalue weighted by Gasteiger charge is -2.22. The summed E-state index contributed by atoms with van der Waals surface area (Å²) in [4.78, 5) is 5.44. The van der Waals surface area contributed by atoms with E-state index in [9.17, 15) is 5.11 Å². The normalized spacial score (nSPS) is 20.2. The number of nitrogens with one attached hydrogen (secondary N) is 1. The molecular weight excluding hydrogens is 206 g/mol. The molecule has 0 aromatic carbocycles. The molecule has 1 rings (SSSR count). The Kier molecular flexibility index (Phi) is 5.69. The van der Waals surface area contributed by atoms with Crippen molar-refractivity contribution in [2.24, 2.45) is 0 Å². The standard InChI is InChI=1S/C12H25NO3/c1-12(2,3)15-9-10(14)8-13-16-11-6-4-5-7-11/h10-11,13-14H,4-9H2,1-3H3. The topological polar surface area (TPSA) is 50.7 Å². The zero-order valence-corrected chi connectivity index (χ0v) is 10.7. The maximum Gasteiger partial charge on any atom is 0.0921 e. The highest BCUT2D eigenvalue weighted by molar-refractivity contribution is 4.66. The fraction of sp³-hybridized carbons (Fsp3) is 1.00. The maximum absolute atomic E-state index is 9.62. The van der Waals surface area contributed by atoms with Gasteiger partial charge in [-0.05, 0) is 33.6 Å². The van der Waals surface area contributed by atoms with Crippen molar-refractivity contribution in [3.05, 3.63) is 0 Å². The van der Waals surface area contributed by atoms with Crippen LogP contribution in [-0.2, 0) is 9.57 Å². The minimum Gasteiger partial charge on any atom is -0.389 e. The minimum absolute atomic E-state index is 0.201. The summed E-state index contributed by atoms with van der Waals surface area (Å²) in [6, 6.07) is 0. The molecule has 0 saturated heterocycles. The molecule has 0 heterocycles. The Morgan fingerprint density at radius 2 is 1.94 bits per heavy atom. The molecule has 4 nitrogen and oxygen atoms in total. The minimum atomic E-state index is -0.513. The van der Waals surface area contributed by atoms with Crippen molar-refractivity contribution in [3.63, 3.8) is 0 Å². The van der Waals surface area contributed by atoms with Gasteiger partial charge in [-0.1, -0.05) is 12.8 Å². The second kappa shape index (κ2) is 6.55. The number of hydroxylamine groups is 1. The molecule has 1 aliphatic carbocycles. The molecule has 96 valence electrons. The van der Waals surface area contributed by atoms with Crippen LogP contribution in [-0.4, -0.2) is 36.1 Å². The molecule has 0 amide bonds. The Bertz CT molecular complexity index is 185. The first kappa shape index (κ1) is 13.9. The van der Waals surface area contributed by atoms with Crippen molar-refractivity contribution in [2.75, 3.05) is 13.2 Å². The van der Waals surface area contributed by atoms with Crippen molar-refractivity contribution < 1.29 is 14.7 Å². The fourth-order valence-electron chi connectivity index (χ4n) is 1.67. The van der Waals surface area contributed by atoms with Gasteiger partial charge in [-0.25, -0.2) is 0 Å². The van der Waals surface area contributed by atoms with Crippen molar-refractivity contribution >= 4 is 0 Å². The van der Waals surface area contributed by atoms with E-state index < -0.39 is 6.10 Å². The third-order valence-corrected chi connectivity index (χ3v) is 2.58. The second-order valence-electron chi connectivity index (χ2n) is 5.45. The molecule has 1 aliphatic rings. The average Bonchev–Trinajstić information content (AvgIpc) is 2.66. The molecule has 1 atom stereocenters. The molecule has 4 heteroatoms. The Balaban J connectivity index is 1.99. The number of aliphatic hydroxyl groups is 1. The number of rotatable bonds is 6. The van der Waals surface area contributed by atoms with Gasteiger partial charge < -0.3 is 9.84 Å². The van der Waals surface area contributed by atoms with Crippen LogP contribution in [0.25, 0.3) is 0 Å². The van der Waals surface area contributed by atoms with Crippen LogP contribution in [0.5, 0.6) is 0 Å². The first-order valence-electron chi connectivity index (χ1n) is 6.18. The number of aliphatic hydroxyl groups excluding tert-OH is 1. The molecule has 1 fully saturated rings. The van der Waals surface area contributed by atoms with Gasteiger partial charge in [0.15, 0.2) is 0 Å². The van der Waals surface area contributed by atoms with Crippen LogP contribution in [0.2, 0.25) is 0 Å². The van der Waals surface area contributed by atoms with E-state index in [2.05, 4.69) is 5.48 Å². The van der Waals surface area contributed by atoms with E-state index in [-0.39, 0.29) is 5.60 Å². The van der Waals surface area contributed by atoms with E-state index >= 15 is 0 Å². The van der Waals surface area contributed by atoms with E-state index in [1.165, 1.54) is 12.8 Å². The van der Waals surface area contributed by atoms with Crippen LogP contribution < -0.4 is 5.48 Å². The zero-order valence-electron chi connectivity index (χ0n) is 10.7. The maximum atomic E-state index is 9.62. The highest BCUT2D eigenvalue weighted by Gasteiger charge is 2.17. The lowest BCUT2D eigenvalue weighted by atomic mass is 10.2. The van der Waals surface area contributed by atoms with Gasteiger partial charge in [0.25, 0.3) is 0 Å². The fourth-order valence-corrected chi connectivity index (χ4v) is 1.67. The first-order valence-corrected chi connectivity index (χ1v) is 6.18. The smallest absolute Gasteiger partial charge is 0.0921 e. The van der Waals surface area contributed by atoms with Crippen LogP contribution in [0.1, 0.15) is 46.5 Å². The Morgan fingerprint density at radius 3 is 2.50 bits per heavy atom. The summed E-state index contributed by atoms with van der Waals surface area (Å²) in [5, 5.41) is 9.62. The Morgan fingerprint density at radius 1 is 1.31 bits per heavy atom.